The summed E-state index contributed by atoms with van der Waals surface area (Å²) in [6.45, 7) is 10.9. The predicted molar refractivity (Wildman–Crippen MR) is 464 cm³/mol. The minimum atomic E-state index is -0.792. The van der Waals surface area contributed by atoms with Gasteiger partial charge in [-0.15, -0.1) is 0 Å². The van der Waals surface area contributed by atoms with Crippen LogP contribution in [0.2, 0.25) is 0 Å². The molecule has 0 aliphatic carbocycles. The average Bonchev–Trinajstić information content (AvgIpc) is 1.67. The van der Waals surface area contributed by atoms with E-state index in [1.807, 2.05) is 38.1 Å². The van der Waals surface area contributed by atoms with Gasteiger partial charge in [0.25, 0.3) is 27.8 Å². The van der Waals surface area contributed by atoms with Gasteiger partial charge in [0.2, 0.25) is 36.3 Å². The molecule has 3 atom stereocenters. The number of nitrogens with zero attached hydrogens (tertiary/aromatic N) is 20. The van der Waals surface area contributed by atoms with E-state index >= 15 is 0 Å². The molecule has 5 N–H and O–H groups in total. The third kappa shape index (κ3) is 20.9. The van der Waals surface area contributed by atoms with E-state index in [1.54, 1.807) is 64.3 Å². The molecular formula is C82H99N25O20. The number of aromatic nitrogens is 20. The van der Waals surface area contributed by atoms with Gasteiger partial charge in [-0.1, -0.05) is 75.7 Å². The third-order valence-corrected chi connectivity index (χ3v) is 20.8. The first-order valence-electron chi connectivity index (χ1n) is 39.8. The van der Waals surface area contributed by atoms with Crippen LogP contribution in [-0.2, 0) is 150 Å². The van der Waals surface area contributed by atoms with Crippen LogP contribution in [0.4, 0.5) is 5.69 Å². The Kier molecular flexibility index (Phi) is 29.7. The number of Topliss-reactive ketones (excluding diaryl/α,β-unsaturated/α-hetero) is 1. The highest BCUT2D eigenvalue weighted by Crippen LogP contribution is 2.32. The maximum absolute atomic E-state index is 12.4. The van der Waals surface area contributed by atoms with Crippen molar-refractivity contribution in [1.82, 2.24) is 115 Å². The topological polar surface area (TPSA) is 516 Å². The van der Waals surface area contributed by atoms with Crippen LogP contribution >= 0.6 is 0 Å². The minimum absolute atomic E-state index is 0.000296. The fourth-order valence-corrected chi connectivity index (χ4v) is 13.8. The first kappa shape index (κ1) is 93.8. The Morgan fingerprint density at radius 2 is 0.772 bits per heavy atom. The third-order valence-electron chi connectivity index (χ3n) is 20.8. The molecule has 0 fully saturated rings. The normalized spacial score (nSPS) is 12.1. The van der Waals surface area contributed by atoms with Crippen molar-refractivity contribution in [2.24, 2.45) is 76.4 Å². The molecule has 0 radical (unpaired) electrons. The zero-order valence-corrected chi connectivity index (χ0v) is 73.0. The summed E-state index contributed by atoms with van der Waals surface area (Å²) in [5.74, 6) is -1.03. The number of rotatable bonds is 24. The Morgan fingerprint density at radius 3 is 1.14 bits per heavy atom. The number of carbonyl (C=O) groups is 7. The number of amides is 5. The number of ketones is 1. The van der Waals surface area contributed by atoms with Crippen molar-refractivity contribution in [2.45, 2.75) is 125 Å². The molecular weight excluding hydrogens is 1660 g/mol. The van der Waals surface area contributed by atoms with E-state index in [-0.39, 0.29) is 143 Å². The molecule has 127 heavy (non-hydrogen) atoms. The van der Waals surface area contributed by atoms with Crippen molar-refractivity contribution in [2.75, 3.05) is 19.2 Å². The van der Waals surface area contributed by atoms with Crippen molar-refractivity contribution in [3.63, 3.8) is 0 Å². The van der Waals surface area contributed by atoms with Crippen LogP contribution < -0.4 is 92.3 Å². The molecule has 11 heterocycles. The Hall–Kier alpha value is -15.5. The fourth-order valence-electron chi connectivity index (χ4n) is 13.8. The van der Waals surface area contributed by atoms with Crippen LogP contribution in [0.3, 0.4) is 0 Å². The summed E-state index contributed by atoms with van der Waals surface area (Å²) in [6, 6.07) is 21.4. The van der Waals surface area contributed by atoms with Gasteiger partial charge in [0.15, 0.2) is 73.1 Å². The summed E-state index contributed by atoms with van der Waals surface area (Å²) < 4.78 is 33.7. The molecule has 3 unspecified atom stereocenters. The number of esters is 1. The second-order valence-corrected chi connectivity index (χ2v) is 30.5. The summed E-state index contributed by atoms with van der Waals surface area (Å²) in [5, 5.41) is 13.9. The van der Waals surface area contributed by atoms with Crippen molar-refractivity contribution < 1.29 is 47.8 Å². The molecule has 14 rings (SSSR count). The van der Waals surface area contributed by atoms with Gasteiger partial charge >= 0.3 is 34.4 Å². The molecule has 1 aliphatic rings. The molecule has 672 valence electrons. The molecule has 3 aromatic carbocycles. The smallest absolute Gasteiger partial charge is 0.332 e. The number of hydrogen-bond acceptors (Lipinski definition) is 25. The first-order chi connectivity index (χ1) is 60.2. The van der Waals surface area contributed by atoms with Gasteiger partial charge in [0.05, 0.1) is 38.7 Å². The molecule has 45 heteroatoms. The van der Waals surface area contributed by atoms with Crippen molar-refractivity contribution in [1.29, 1.82) is 0 Å². The number of methoxy groups -OCH3 is 1. The van der Waals surface area contributed by atoms with E-state index in [1.165, 1.54) is 153 Å². The van der Waals surface area contributed by atoms with E-state index in [2.05, 4.69) is 75.3 Å². The van der Waals surface area contributed by atoms with Gasteiger partial charge in [0, 0.05) is 100 Å². The van der Waals surface area contributed by atoms with Crippen LogP contribution in [0.25, 0.3) is 55.8 Å². The van der Waals surface area contributed by atoms with Crippen molar-refractivity contribution in [3.8, 4) is 11.5 Å². The number of imidazole rings is 5. The van der Waals surface area contributed by atoms with Crippen LogP contribution in [0, 0.1) is 5.92 Å². The standard InChI is InChI=1S/C19H23N5O3.C17H17N5O5.C17H17N5O4.C15H21N5O5.C14H21N5O3/c1-13(9-10-14-7-5-4-6-8-14)21-15(25)11-24-12-20-17-16(24)18(26)23(3)19(27)22(17)2;1-20-15-14(16(24)21(2)17(20)25)22(8-19-15)7-13(23)18-6-10-3-4-11-12(5-10)27-9-26-11;1-10(23)11-5-4-6-12(7-11)19-13(24)8-22-9-18-15-14(22)16(25)21(3)17(26)20(15)2;1-8(2)10(14(23)25-5)17-9(21)6-20-7-16-12-11(20)13(22)19(4)15(24)18(12)3;1-5-6-9(2)16-10(20)7-19-8-15-12-11(19)13(21)18(4)14(22)17(12)3/h4-8,12-13H,9-11H2,1-3H3,(H,21,25);3-5,8H,6-7,9H2,1-2H3,(H,18,23);4-7,9H,8H2,1-3H3,(H,19,24);7-8,10H,6H2,1-5H3,(H,17,21);8-9H,5-7H2,1-4H3,(H,16,20). The first-order valence-corrected chi connectivity index (χ1v) is 39.8. The van der Waals surface area contributed by atoms with Crippen molar-refractivity contribution in [3.05, 3.63) is 225 Å². The van der Waals surface area contributed by atoms with Crippen molar-refractivity contribution >= 4 is 103 Å². The molecule has 0 bridgehead atoms. The molecule has 0 spiro atoms. The predicted octanol–water partition coefficient (Wildman–Crippen LogP) is -1.19. The van der Waals surface area contributed by atoms with Gasteiger partial charge < -0.3 is 63.6 Å². The summed E-state index contributed by atoms with van der Waals surface area (Å²) in [7, 11) is 15.8. The lowest BCUT2D eigenvalue weighted by atomic mass is 10.0. The van der Waals surface area contributed by atoms with Crippen LogP contribution in [0.15, 0.2) is 152 Å². The molecule has 10 aromatic heterocycles. The number of hydrogen-bond donors (Lipinski definition) is 5. The van der Waals surface area contributed by atoms with E-state index in [0.717, 1.165) is 54.1 Å². The number of fused-ring (bicyclic) bond motifs is 6. The van der Waals surface area contributed by atoms with Crippen LogP contribution in [0.5, 0.6) is 11.5 Å². The molecule has 1 aliphatic heterocycles. The zero-order valence-electron chi connectivity index (χ0n) is 73.0. The zero-order chi connectivity index (χ0) is 93.0. The fraction of sp³-hybridized carbons (Fsp3) is 0.390. The molecule has 13 aromatic rings. The second-order valence-electron chi connectivity index (χ2n) is 30.5. The van der Waals surface area contributed by atoms with Gasteiger partial charge in [-0.2, -0.15) is 0 Å². The molecule has 45 nitrogen and oxygen atoms in total. The lowest BCUT2D eigenvalue weighted by Gasteiger charge is -2.19. The number of benzene rings is 3. The quantitative estimate of drug-likeness (QED) is 0.0351. The van der Waals surface area contributed by atoms with E-state index in [0.29, 0.717) is 29.3 Å². The molecule has 0 saturated carbocycles. The van der Waals surface area contributed by atoms with E-state index in [9.17, 15) is 81.5 Å². The monoisotopic (exact) mass is 1750 g/mol. The van der Waals surface area contributed by atoms with E-state index in [4.69, 9.17) is 9.47 Å². The van der Waals surface area contributed by atoms with Gasteiger partial charge in [-0.05, 0) is 81.3 Å². The van der Waals surface area contributed by atoms with Crippen LogP contribution in [-0.4, -0.2) is 167 Å². The maximum Gasteiger partial charge on any atom is 0.332 e. The summed E-state index contributed by atoms with van der Waals surface area (Å²) in [5.41, 5.74) is 0.437. The number of aryl methyl sites for hydroxylation is 6. The molecule has 5 amide bonds. The van der Waals surface area contributed by atoms with Gasteiger partial charge in [-0.3, -0.25) is 98.4 Å². The van der Waals surface area contributed by atoms with E-state index < -0.39 is 74.2 Å². The Labute approximate surface area is 719 Å². The average molecular weight is 1750 g/mol. The Morgan fingerprint density at radius 1 is 0.409 bits per heavy atom. The number of anilines is 1. The lowest BCUT2D eigenvalue weighted by molar-refractivity contribution is -0.146. The Bertz CT molecular complexity index is 7090. The summed E-state index contributed by atoms with van der Waals surface area (Å²) in [4.78, 5) is 226. The molecule has 0 saturated heterocycles. The van der Waals surface area contributed by atoms with Crippen LogP contribution in [0.1, 0.15) is 82.3 Å². The lowest BCUT2D eigenvalue weighted by Crippen LogP contribution is -2.46. The number of carbonyl (C=O) groups excluding carboxylic acids is 7. The SMILES string of the molecule is CC(=O)c1cccc(NC(=O)Cn2cnc3c2c(=O)n(C)c(=O)n3C)c1.CC(CCc1ccccc1)NC(=O)Cn1cnc2c1c(=O)n(C)c(=O)n2C.CCCC(C)NC(=O)Cn1cnc2c1c(=O)n(C)c(=O)n2C.COC(=O)C(NC(=O)Cn1cnc2c1c(=O)n(C)c(=O)n2C)C(C)C.Cn1c(=O)c2c(ncn2CC(=O)NCc2ccc3c(c2)OCO3)n(C)c1=O. The van der Waals surface area contributed by atoms with Gasteiger partial charge in [-0.25, -0.2) is 53.7 Å². The maximum atomic E-state index is 12.4. The summed E-state index contributed by atoms with van der Waals surface area (Å²) >= 11 is 0. The highest BCUT2D eigenvalue weighted by atomic mass is 16.7. The van der Waals surface area contributed by atoms with Gasteiger partial charge in [0.1, 0.15) is 38.8 Å². The Balaban J connectivity index is 0.000000166. The second kappa shape index (κ2) is 40.2. The highest BCUT2D eigenvalue weighted by molar-refractivity contribution is 5.97. The largest absolute Gasteiger partial charge is 0.467 e. The highest BCUT2D eigenvalue weighted by Gasteiger charge is 2.28. The number of ether oxygens (including phenoxy) is 3. The summed E-state index contributed by atoms with van der Waals surface area (Å²) in [6.07, 6.45) is 10.4. The minimum Gasteiger partial charge on any atom is -0.467 e. The number of nitrogens with one attached hydrogen (secondary N) is 5.